The molecule has 108 valence electrons. The fraction of sp³-hybridized carbons (Fsp3) is 0.286. The van der Waals surface area contributed by atoms with Crippen molar-refractivity contribution >= 4 is 17.9 Å². The number of ether oxygens (including phenoxy) is 1. The topological polar surface area (TPSA) is 102 Å². The van der Waals surface area contributed by atoms with E-state index in [0.29, 0.717) is 6.61 Å². The van der Waals surface area contributed by atoms with Gasteiger partial charge in [0.25, 0.3) is 0 Å². The summed E-state index contributed by atoms with van der Waals surface area (Å²) in [6.45, 7) is 2.29. The Balaban J connectivity index is 2.46. The van der Waals surface area contributed by atoms with Gasteiger partial charge >= 0.3 is 0 Å². The van der Waals surface area contributed by atoms with E-state index < -0.39 is 17.9 Å². The SMILES string of the molecule is CCOc1ccc(/C=C/C(=O)NCC(O)C(N)=O)cc1. The first-order valence-electron chi connectivity index (χ1n) is 6.19. The molecule has 0 fully saturated rings. The highest BCUT2D eigenvalue weighted by Gasteiger charge is 2.10. The Morgan fingerprint density at radius 2 is 2.05 bits per heavy atom. The molecule has 6 nitrogen and oxygen atoms in total. The Kier molecular flexibility index (Phi) is 6.25. The third-order valence-electron chi connectivity index (χ3n) is 2.42. The van der Waals surface area contributed by atoms with Gasteiger partial charge < -0.3 is 20.9 Å². The molecule has 4 N–H and O–H groups in total. The Labute approximate surface area is 117 Å². The summed E-state index contributed by atoms with van der Waals surface area (Å²) in [5, 5.41) is 11.5. The quantitative estimate of drug-likeness (QED) is 0.614. The van der Waals surface area contributed by atoms with Crippen molar-refractivity contribution in [2.45, 2.75) is 13.0 Å². The molecule has 0 spiro atoms. The third-order valence-corrected chi connectivity index (χ3v) is 2.42. The molecule has 1 aromatic rings. The van der Waals surface area contributed by atoms with Gasteiger partial charge in [-0.2, -0.15) is 0 Å². The lowest BCUT2D eigenvalue weighted by molar-refractivity contribution is -0.126. The number of nitrogens with two attached hydrogens (primary N) is 1. The van der Waals surface area contributed by atoms with Crippen molar-refractivity contribution in [3.05, 3.63) is 35.9 Å². The van der Waals surface area contributed by atoms with E-state index in [1.54, 1.807) is 18.2 Å². The number of nitrogens with one attached hydrogen (secondary N) is 1. The van der Waals surface area contributed by atoms with E-state index in [4.69, 9.17) is 15.6 Å². The number of aliphatic hydroxyl groups excluding tert-OH is 1. The van der Waals surface area contributed by atoms with Crippen molar-refractivity contribution in [2.24, 2.45) is 5.73 Å². The number of hydrogen-bond acceptors (Lipinski definition) is 4. The molecule has 1 unspecified atom stereocenters. The van der Waals surface area contributed by atoms with Crippen molar-refractivity contribution in [1.82, 2.24) is 5.32 Å². The molecular weight excluding hydrogens is 260 g/mol. The molecule has 0 aliphatic carbocycles. The molecular formula is C14H18N2O4. The number of aliphatic hydroxyl groups is 1. The molecule has 0 saturated carbocycles. The predicted octanol–water partition coefficient (Wildman–Crippen LogP) is 0.0609. The maximum absolute atomic E-state index is 11.4. The number of amides is 2. The zero-order valence-corrected chi connectivity index (χ0v) is 11.2. The monoisotopic (exact) mass is 278 g/mol. The van der Waals surface area contributed by atoms with Crippen LogP contribution in [0.25, 0.3) is 6.08 Å². The first-order chi connectivity index (χ1) is 9.52. The highest BCUT2D eigenvalue weighted by Crippen LogP contribution is 2.12. The van der Waals surface area contributed by atoms with Crippen molar-refractivity contribution in [3.8, 4) is 5.75 Å². The average molecular weight is 278 g/mol. The van der Waals surface area contributed by atoms with Crippen LogP contribution in [-0.2, 0) is 9.59 Å². The Bertz CT molecular complexity index is 482. The molecule has 0 radical (unpaired) electrons. The van der Waals surface area contributed by atoms with Gasteiger partial charge in [-0.25, -0.2) is 0 Å². The molecule has 0 heterocycles. The molecule has 0 aliphatic heterocycles. The van der Waals surface area contributed by atoms with E-state index in [1.807, 2.05) is 19.1 Å². The summed E-state index contributed by atoms with van der Waals surface area (Å²) >= 11 is 0. The molecule has 6 heteroatoms. The second-order valence-corrected chi connectivity index (χ2v) is 4.00. The van der Waals surface area contributed by atoms with E-state index in [-0.39, 0.29) is 6.54 Å². The molecule has 0 bridgehead atoms. The Morgan fingerprint density at radius 1 is 1.40 bits per heavy atom. The highest BCUT2D eigenvalue weighted by molar-refractivity contribution is 5.92. The molecule has 0 aliphatic rings. The summed E-state index contributed by atoms with van der Waals surface area (Å²) in [5.41, 5.74) is 5.69. The highest BCUT2D eigenvalue weighted by atomic mass is 16.5. The lowest BCUT2D eigenvalue weighted by Crippen LogP contribution is -2.39. The largest absolute Gasteiger partial charge is 0.494 e. The lowest BCUT2D eigenvalue weighted by atomic mass is 10.2. The zero-order valence-electron chi connectivity index (χ0n) is 11.2. The minimum Gasteiger partial charge on any atom is -0.494 e. The molecule has 1 atom stereocenters. The van der Waals surface area contributed by atoms with E-state index in [1.165, 1.54) is 6.08 Å². The van der Waals surface area contributed by atoms with E-state index in [9.17, 15) is 9.59 Å². The van der Waals surface area contributed by atoms with Crippen LogP contribution in [0.3, 0.4) is 0 Å². The first-order valence-corrected chi connectivity index (χ1v) is 6.19. The minimum absolute atomic E-state index is 0.207. The number of hydrogen-bond donors (Lipinski definition) is 3. The number of rotatable bonds is 7. The van der Waals surface area contributed by atoms with Crippen LogP contribution in [0.15, 0.2) is 30.3 Å². The van der Waals surface area contributed by atoms with Crippen LogP contribution in [0.4, 0.5) is 0 Å². The van der Waals surface area contributed by atoms with Crippen molar-refractivity contribution in [2.75, 3.05) is 13.2 Å². The number of carbonyl (C=O) groups is 2. The lowest BCUT2D eigenvalue weighted by Gasteiger charge is -2.06. The molecule has 1 rings (SSSR count). The van der Waals surface area contributed by atoms with Gasteiger partial charge in [-0.15, -0.1) is 0 Å². The normalized spacial score (nSPS) is 12.1. The van der Waals surface area contributed by atoms with Gasteiger partial charge in [-0.1, -0.05) is 12.1 Å². The third kappa shape index (κ3) is 5.53. The number of carbonyl (C=O) groups excluding carboxylic acids is 2. The van der Waals surface area contributed by atoms with Crippen LogP contribution in [0.2, 0.25) is 0 Å². The van der Waals surface area contributed by atoms with Gasteiger partial charge in [-0.05, 0) is 30.7 Å². The van der Waals surface area contributed by atoms with Crippen LogP contribution in [-0.4, -0.2) is 36.2 Å². The maximum Gasteiger partial charge on any atom is 0.248 e. The molecule has 2 amide bonds. The summed E-state index contributed by atoms with van der Waals surface area (Å²) in [4.78, 5) is 22.0. The predicted molar refractivity (Wildman–Crippen MR) is 74.9 cm³/mol. The van der Waals surface area contributed by atoms with Gasteiger partial charge in [0.05, 0.1) is 13.2 Å². The van der Waals surface area contributed by atoms with Gasteiger partial charge in [0, 0.05) is 6.08 Å². The van der Waals surface area contributed by atoms with Gasteiger partial charge in [0.1, 0.15) is 11.9 Å². The smallest absolute Gasteiger partial charge is 0.248 e. The van der Waals surface area contributed by atoms with Gasteiger partial charge in [0.2, 0.25) is 11.8 Å². The van der Waals surface area contributed by atoms with Crippen LogP contribution < -0.4 is 15.8 Å². The standard InChI is InChI=1S/C14H18N2O4/c1-2-20-11-6-3-10(4-7-11)5-8-13(18)16-9-12(17)14(15)19/h3-8,12,17H,2,9H2,1H3,(H2,15,19)(H,16,18)/b8-5+. The van der Waals surface area contributed by atoms with Gasteiger partial charge in [0.15, 0.2) is 0 Å². The second kappa shape index (κ2) is 7.96. The van der Waals surface area contributed by atoms with Crippen LogP contribution in [0.5, 0.6) is 5.75 Å². The van der Waals surface area contributed by atoms with Gasteiger partial charge in [-0.3, -0.25) is 9.59 Å². The van der Waals surface area contributed by atoms with Crippen molar-refractivity contribution < 1.29 is 19.4 Å². The summed E-state index contributed by atoms with van der Waals surface area (Å²) in [6, 6.07) is 7.23. The first kappa shape index (κ1) is 15.7. The Hall–Kier alpha value is -2.34. The van der Waals surface area contributed by atoms with Crippen LogP contribution in [0, 0.1) is 0 Å². The van der Waals surface area contributed by atoms with Crippen molar-refractivity contribution in [1.29, 1.82) is 0 Å². The van der Waals surface area contributed by atoms with E-state index >= 15 is 0 Å². The van der Waals surface area contributed by atoms with Crippen LogP contribution in [0.1, 0.15) is 12.5 Å². The fourth-order valence-electron chi connectivity index (χ4n) is 1.37. The summed E-state index contributed by atoms with van der Waals surface area (Å²) in [5.74, 6) is -0.529. The molecule has 1 aromatic carbocycles. The van der Waals surface area contributed by atoms with E-state index in [2.05, 4.69) is 5.32 Å². The number of primary amides is 1. The van der Waals surface area contributed by atoms with Crippen LogP contribution >= 0.6 is 0 Å². The van der Waals surface area contributed by atoms with E-state index in [0.717, 1.165) is 11.3 Å². The Morgan fingerprint density at radius 3 is 2.60 bits per heavy atom. The summed E-state index contributed by atoms with van der Waals surface area (Å²) in [6.07, 6.45) is 1.54. The molecule has 0 aromatic heterocycles. The van der Waals surface area contributed by atoms with Crippen molar-refractivity contribution in [3.63, 3.8) is 0 Å². The minimum atomic E-state index is -1.38. The number of benzene rings is 1. The average Bonchev–Trinajstić information content (AvgIpc) is 2.44. The fourth-order valence-corrected chi connectivity index (χ4v) is 1.37. The zero-order chi connectivity index (χ0) is 15.0. The summed E-state index contributed by atoms with van der Waals surface area (Å²) < 4.78 is 5.30. The molecule has 20 heavy (non-hydrogen) atoms. The molecule has 0 saturated heterocycles. The second-order valence-electron chi connectivity index (χ2n) is 4.00. The maximum atomic E-state index is 11.4. The summed E-state index contributed by atoms with van der Waals surface area (Å²) in [7, 11) is 0.